The molecule has 1 aromatic carbocycles. The number of piperidine rings is 1. The molecule has 0 spiro atoms. The van der Waals surface area contributed by atoms with E-state index in [1.54, 1.807) is 18.2 Å². The maximum Gasteiger partial charge on any atom is 0.264 e. The van der Waals surface area contributed by atoms with Crippen LogP contribution in [0.3, 0.4) is 0 Å². The summed E-state index contributed by atoms with van der Waals surface area (Å²) < 4.78 is 0. The second-order valence-corrected chi connectivity index (χ2v) is 7.89. The lowest BCUT2D eigenvalue weighted by atomic mass is 9.87. The molecule has 7 heteroatoms. The highest BCUT2D eigenvalue weighted by molar-refractivity contribution is 6.25. The lowest BCUT2D eigenvalue weighted by molar-refractivity contribution is -0.136. The zero-order valence-corrected chi connectivity index (χ0v) is 15.8. The Bertz CT molecular complexity index is 829. The normalized spacial score (nSPS) is 23.0. The third-order valence-electron chi connectivity index (χ3n) is 6.06. The van der Waals surface area contributed by atoms with Gasteiger partial charge in [0.1, 0.15) is 6.04 Å². The van der Waals surface area contributed by atoms with Crippen LogP contribution in [0.4, 0.5) is 5.69 Å². The van der Waals surface area contributed by atoms with Crippen molar-refractivity contribution in [3.05, 3.63) is 29.3 Å². The van der Waals surface area contributed by atoms with Crippen molar-refractivity contribution in [2.24, 2.45) is 5.92 Å². The summed E-state index contributed by atoms with van der Waals surface area (Å²) in [4.78, 5) is 50.4. The van der Waals surface area contributed by atoms with Gasteiger partial charge in [0.15, 0.2) is 0 Å². The van der Waals surface area contributed by atoms with Crippen LogP contribution in [0.1, 0.15) is 72.1 Å². The fourth-order valence-corrected chi connectivity index (χ4v) is 4.55. The van der Waals surface area contributed by atoms with Crippen molar-refractivity contribution in [1.29, 1.82) is 0 Å². The monoisotopic (exact) mass is 383 g/mol. The van der Waals surface area contributed by atoms with Gasteiger partial charge < -0.3 is 5.32 Å². The second kappa shape index (κ2) is 7.73. The van der Waals surface area contributed by atoms with Crippen molar-refractivity contribution < 1.29 is 19.2 Å². The number of hydrogen-bond acceptors (Lipinski definition) is 5. The van der Waals surface area contributed by atoms with Crippen LogP contribution in [-0.4, -0.2) is 41.1 Å². The fourth-order valence-electron chi connectivity index (χ4n) is 4.55. The van der Waals surface area contributed by atoms with Crippen molar-refractivity contribution in [3.63, 3.8) is 0 Å². The first-order valence-electron chi connectivity index (χ1n) is 10.1. The van der Waals surface area contributed by atoms with E-state index in [4.69, 9.17) is 0 Å². The van der Waals surface area contributed by atoms with Gasteiger partial charge in [-0.05, 0) is 30.9 Å². The molecule has 2 aliphatic heterocycles. The maximum atomic E-state index is 13.0. The van der Waals surface area contributed by atoms with Crippen LogP contribution in [0.2, 0.25) is 0 Å². The summed E-state index contributed by atoms with van der Waals surface area (Å²) in [6, 6.07) is 4.24. The van der Waals surface area contributed by atoms with E-state index >= 15 is 0 Å². The van der Waals surface area contributed by atoms with Crippen LogP contribution < -0.4 is 10.6 Å². The Balaban J connectivity index is 1.49. The molecule has 0 aromatic heterocycles. The van der Waals surface area contributed by atoms with E-state index < -0.39 is 23.8 Å². The number of carbonyl (C=O) groups excluding carboxylic acids is 4. The van der Waals surface area contributed by atoms with Gasteiger partial charge in [-0.3, -0.25) is 29.4 Å². The van der Waals surface area contributed by atoms with E-state index in [9.17, 15) is 19.2 Å². The van der Waals surface area contributed by atoms with E-state index in [-0.39, 0.29) is 18.7 Å². The van der Waals surface area contributed by atoms with Gasteiger partial charge in [-0.15, -0.1) is 0 Å². The minimum absolute atomic E-state index is 0.121. The molecule has 4 amide bonds. The van der Waals surface area contributed by atoms with Crippen LogP contribution in [0.5, 0.6) is 0 Å². The summed E-state index contributed by atoms with van der Waals surface area (Å²) in [6.45, 7) is 0.751. The van der Waals surface area contributed by atoms with Crippen LogP contribution >= 0.6 is 0 Å². The Morgan fingerprint density at radius 1 is 1.00 bits per heavy atom. The van der Waals surface area contributed by atoms with Gasteiger partial charge in [-0.1, -0.05) is 38.2 Å². The van der Waals surface area contributed by atoms with Gasteiger partial charge in [-0.2, -0.15) is 0 Å². The van der Waals surface area contributed by atoms with Crippen molar-refractivity contribution in [2.45, 2.75) is 57.4 Å². The molecule has 1 aliphatic carbocycles. The quantitative estimate of drug-likeness (QED) is 0.762. The fraction of sp³-hybridized carbons (Fsp3) is 0.524. The maximum absolute atomic E-state index is 13.0. The molecule has 1 saturated carbocycles. The van der Waals surface area contributed by atoms with E-state index in [2.05, 4.69) is 10.6 Å². The van der Waals surface area contributed by atoms with E-state index in [0.717, 1.165) is 23.8 Å². The third kappa shape index (κ3) is 3.41. The van der Waals surface area contributed by atoms with Gasteiger partial charge >= 0.3 is 0 Å². The largest absolute Gasteiger partial charge is 0.384 e. The number of rotatable bonds is 5. The molecular formula is C21H25N3O4. The predicted molar refractivity (Wildman–Crippen MR) is 103 cm³/mol. The van der Waals surface area contributed by atoms with Crippen LogP contribution in [0, 0.1) is 5.92 Å². The Hall–Kier alpha value is -2.70. The average Bonchev–Trinajstić information content (AvgIpc) is 2.94. The number of amides is 4. The minimum atomic E-state index is -0.930. The molecule has 28 heavy (non-hydrogen) atoms. The molecule has 148 valence electrons. The number of nitrogens with zero attached hydrogens (tertiary/aromatic N) is 1. The van der Waals surface area contributed by atoms with Gasteiger partial charge in [0.2, 0.25) is 11.8 Å². The molecule has 0 radical (unpaired) electrons. The molecule has 1 aromatic rings. The lowest BCUT2D eigenvalue weighted by Crippen LogP contribution is -2.54. The summed E-state index contributed by atoms with van der Waals surface area (Å²) >= 11 is 0. The Kier molecular flexibility index (Phi) is 5.15. The number of imide groups is 2. The minimum Gasteiger partial charge on any atom is -0.384 e. The molecule has 2 fully saturated rings. The summed E-state index contributed by atoms with van der Waals surface area (Å²) in [6.07, 6.45) is 7.76. The van der Waals surface area contributed by atoms with Crippen LogP contribution in [-0.2, 0) is 9.59 Å². The molecule has 2 N–H and O–H groups in total. The number of benzene rings is 1. The lowest BCUT2D eigenvalue weighted by Gasteiger charge is -2.27. The summed E-state index contributed by atoms with van der Waals surface area (Å²) in [7, 11) is 0. The van der Waals surface area contributed by atoms with Crippen molar-refractivity contribution >= 4 is 29.3 Å². The van der Waals surface area contributed by atoms with Gasteiger partial charge in [-0.25, -0.2) is 0 Å². The van der Waals surface area contributed by atoms with Gasteiger partial charge in [0, 0.05) is 18.7 Å². The first-order chi connectivity index (χ1) is 13.6. The zero-order valence-electron chi connectivity index (χ0n) is 15.8. The molecule has 7 nitrogen and oxygen atoms in total. The van der Waals surface area contributed by atoms with Crippen molar-refractivity contribution in [1.82, 2.24) is 10.2 Å². The number of carbonyl (C=O) groups is 4. The first-order valence-corrected chi connectivity index (χ1v) is 10.1. The van der Waals surface area contributed by atoms with E-state index in [1.165, 1.54) is 32.1 Å². The molecule has 2 heterocycles. The van der Waals surface area contributed by atoms with Crippen LogP contribution in [0.15, 0.2) is 18.2 Å². The average molecular weight is 383 g/mol. The second-order valence-electron chi connectivity index (χ2n) is 7.89. The summed E-state index contributed by atoms with van der Waals surface area (Å²) in [5.41, 5.74) is 1.29. The van der Waals surface area contributed by atoms with Crippen molar-refractivity contribution in [2.75, 3.05) is 11.9 Å². The number of nitrogens with one attached hydrogen (secondary N) is 2. The number of hydrogen-bond donors (Lipinski definition) is 2. The van der Waals surface area contributed by atoms with Crippen molar-refractivity contribution in [3.8, 4) is 0 Å². The molecule has 1 saturated heterocycles. The summed E-state index contributed by atoms with van der Waals surface area (Å²) in [5, 5.41) is 5.55. The van der Waals surface area contributed by atoms with Crippen LogP contribution in [0.25, 0.3) is 0 Å². The van der Waals surface area contributed by atoms with Gasteiger partial charge in [0.05, 0.1) is 11.1 Å². The van der Waals surface area contributed by atoms with E-state index in [1.807, 2.05) is 0 Å². The molecule has 4 rings (SSSR count). The Morgan fingerprint density at radius 2 is 1.79 bits per heavy atom. The highest BCUT2D eigenvalue weighted by atomic mass is 16.2. The predicted octanol–water partition coefficient (Wildman–Crippen LogP) is 2.47. The molecule has 1 atom stereocenters. The summed E-state index contributed by atoms with van der Waals surface area (Å²) in [5.74, 6) is -1.17. The standard InChI is InChI=1S/C21H25N3O4/c25-17-10-9-16(19(26)23-17)24-20(27)14-7-4-8-15(18(14)21(24)28)22-12-11-13-5-2-1-3-6-13/h4,7-8,13,16,22H,1-3,5-6,9-12H2,(H,23,25,26). The third-order valence-corrected chi connectivity index (χ3v) is 6.06. The van der Waals surface area contributed by atoms with Gasteiger partial charge in [0.25, 0.3) is 11.8 Å². The molecular weight excluding hydrogens is 358 g/mol. The molecule has 3 aliphatic rings. The Labute approximate surface area is 163 Å². The highest BCUT2D eigenvalue weighted by Gasteiger charge is 2.45. The van der Waals surface area contributed by atoms with E-state index in [0.29, 0.717) is 16.8 Å². The Morgan fingerprint density at radius 3 is 2.54 bits per heavy atom. The first kappa shape index (κ1) is 18.7. The molecule has 0 bridgehead atoms. The smallest absolute Gasteiger partial charge is 0.264 e. The zero-order chi connectivity index (χ0) is 19.7. The topological polar surface area (TPSA) is 95.6 Å². The number of anilines is 1. The highest BCUT2D eigenvalue weighted by Crippen LogP contribution is 2.33. The SMILES string of the molecule is O=C1CCC(N2C(=O)c3cccc(NCCC4CCCCC4)c3C2=O)C(=O)N1. The molecule has 1 unspecified atom stereocenters. The number of fused-ring (bicyclic) bond motifs is 1.